The summed E-state index contributed by atoms with van der Waals surface area (Å²) in [4.78, 5) is 27.5. The molecule has 1 aromatic carbocycles. The Morgan fingerprint density at radius 1 is 1.10 bits per heavy atom. The molecule has 0 amide bonds. The van der Waals surface area contributed by atoms with Gasteiger partial charge in [-0.1, -0.05) is 29.8 Å². The molecule has 2 rings (SSSR count). The van der Waals surface area contributed by atoms with Gasteiger partial charge >= 0.3 is 11.9 Å². The molecule has 6 heteroatoms. The summed E-state index contributed by atoms with van der Waals surface area (Å²) in [6.07, 6.45) is 1.52. The number of hydrogen-bond acceptors (Lipinski definition) is 5. The fourth-order valence-electron chi connectivity index (χ4n) is 1.67. The number of pyridine rings is 1. The third-order valence-electron chi connectivity index (χ3n) is 2.71. The minimum absolute atomic E-state index is 0.0402. The molecular weight excluding hydrogens is 294 g/mol. The van der Waals surface area contributed by atoms with Gasteiger partial charge in [0.25, 0.3) is 0 Å². The highest BCUT2D eigenvalue weighted by Gasteiger charge is 2.18. The van der Waals surface area contributed by atoms with Gasteiger partial charge in [-0.05, 0) is 18.2 Å². The lowest BCUT2D eigenvalue weighted by Crippen LogP contribution is -2.12. The Hall–Kier alpha value is -2.40. The Kier molecular flexibility index (Phi) is 4.90. The fraction of sp³-hybridized carbons (Fsp3) is 0.133. The molecule has 1 aromatic heterocycles. The number of carbonyl (C=O) groups excluding carboxylic acids is 2. The van der Waals surface area contributed by atoms with Crippen molar-refractivity contribution in [2.24, 2.45) is 0 Å². The maximum absolute atomic E-state index is 12.0. The molecule has 0 N–H and O–H groups in total. The van der Waals surface area contributed by atoms with Crippen molar-refractivity contribution in [2.45, 2.75) is 6.61 Å². The first kappa shape index (κ1) is 15.0. The van der Waals surface area contributed by atoms with Crippen LogP contribution in [0.3, 0.4) is 0 Å². The van der Waals surface area contributed by atoms with Crippen molar-refractivity contribution >= 4 is 23.5 Å². The van der Waals surface area contributed by atoms with Crippen LogP contribution in [0.5, 0.6) is 0 Å². The zero-order valence-corrected chi connectivity index (χ0v) is 12.0. The lowest BCUT2D eigenvalue weighted by Gasteiger charge is -2.08. The van der Waals surface area contributed by atoms with Crippen molar-refractivity contribution in [1.82, 2.24) is 4.98 Å². The van der Waals surface area contributed by atoms with E-state index in [1.54, 1.807) is 24.3 Å². The Bertz CT molecular complexity index is 655. The lowest BCUT2D eigenvalue weighted by molar-refractivity contribution is 0.0457. The molecule has 2 aromatic rings. The molecule has 5 nitrogen and oxygen atoms in total. The Labute approximate surface area is 126 Å². The van der Waals surface area contributed by atoms with E-state index in [1.165, 1.54) is 25.4 Å². The molecular formula is C15H12ClNO4. The number of hydrogen-bond donors (Lipinski definition) is 0. The number of methoxy groups -OCH3 is 1. The highest BCUT2D eigenvalue weighted by atomic mass is 35.5. The molecule has 0 aliphatic rings. The molecule has 0 saturated carbocycles. The first-order valence-electron chi connectivity index (χ1n) is 6.06. The zero-order valence-electron chi connectivity index (χ0n) is 11.2. The summed E-state index contributed by atoms with van der Waals surface area (Å²) >= 11 is 5.67. The van der Waals surface area contributed by atoms with Crippen molar-refractivity contribution < 1.29 is 19.1 Å². The Morgan fingerprint density at radius 2 is 1.76 bits per heavy atom. The molecule has 0 spiro atoms. The van der Waals surface area contributed by atoms with Crippen LogP contribution in [0.1, 0.15) is 26.3 Å². The fourth-order valence-corrected chi connectivity index (χ4v) is 1.78. The van der Waals surface area contributed by atoms with Crippen molar-refractivity contribution in [3.05, 3.63) is 64.4 Å². The zero-order chi connectivity index (χ0) is 15.2. The largest absolute Gasteiger partial charge is 0.465 e. The van der Waals surface area contributed by atoms with E-state index >= 15 is 0 Å². The van der Waals surface area contributed by atoms with Gasteiger partial charge < -0.3 is 9.47 Å². The second-order valence-electron chi connectivity index (χ2n) is 4.10. The minimum atomic E-state index is -0.606. The number of rotatable bonds is 4. The van der Waals surface area contributed by atoms with Crippen LogP contribution in [0, 0.1) is 0 Å². The molecule has 0 radical (unpaired) electrons. The first-order valence-corrected chi connectivity index (χ1v) is 6.44. The molecule has 0 aliphatic heterocycles. The average molecular weight is 306 g/mol. The van der Waals surface area contributed by atoms with Gasteiger partial charge in [0.2, 0.25) is 0 Å². The summed E-state index contributed by atoms with van der Waals surface area (Å²) in [7, 11) is 1.25. The third-order valence-corrected chi connectivity index (χ3v) is 2.93. The maximum Gasteiger partial charge on any atom is 0.339 e. The average Bonchev–Trinajstić information content (AvgIpc) is 2.53. The van der Waals surface area contributed by atoms with Gasteiger partial charge in [0, 0.05) is 11.8 Å². The van der Waals surface area contributed by atoms with Gasteiger partial charge in [-0.15, -0.1) is 0 Å². The van der Waals surface area contributed by atoms with Crippen LogP contribution < -0.4 is 0 Å². The number of halogens is 1. The standard InChI is InChI=1S/C15H12ClNO4/c1-20-14(18)11-4-2-3-5-12(11)15(19)21-9-10-6-7-13(16)17-8-10/h2-8H,9H2,1H3. The first-order chi connectivity index (χ1) is 10.1. The van der Waals surface area contributed by atoms with E-state index in [0.717, 1.165) is 0 Å². The van der Waals surface area contributed by atoms with Crippen molar-refractivity contribution in [2.75, 3.05) is 7.11 Å². The summed E-state index contributed by atoms with van der Waals surface area (Å²) < 4.78 is 9.79. The molecule has 0 aliphatic carbocycles. The summed E-state index contributed by atoms with van der Waals surface area (Å²) in [5.41, 5.74) is 1.02. The van der Waals surface area contributed by atoms with Crippen LogP contribution in [-0.4, -0.2) is 24.0 Å². The van der Waals surface area contributed by atoms with Gasteiger partial charge in [-0.3, -0.25) is 0 Å². The van der Waals surface area contributed by atoms with E-state index in [4.69, 9.17) is 16.3 Å². The topological polar surface area (TPSA) is 65.5 Å². The Balaban J connectivity index is 2.10. The highest BCUT2D eigenvalue weighted by molar-refractivity contribution is 6.29. The van der Waals surface area contributed by atoms with E-state index in [9.17, 15) is 9.59 Å². The highest BCUT2D eigenvalue weighted by Crippen LogP contribution is 2.13. The number of esters is 2. The van der Waals surface area contributed by atoms with Crippen LogP contribution in [0.15, 0.2) is 42.6 Å². The molecule has 1 heterocycles. The molecule has 108 valence electrons. The van der Waals surface area contributed by atoms with Gasteiger partial charge in [0.1, 0.15) is 11.8 Å². The quantitative estimate of drug-likeness (QED) is 0.642. The molecule has 0 saturated heterocycles. The van der Waals surface area contributed by atoms with E-state index in [0.29, 0.717) is 10.7 Å². The van der Waals surface area contributed by atoms with Crippen LogP contribution in [-0.2, 0) is 16.1 Å². The van der Waals surface area contributed by atoms with Gasteiger partial charge in [0.05, 0.1) is 18.2 Å². The van der Waals surface area contributed by atoms with Gasteiger partial charge in [-0.25, -0.2) is 14.6 Å². The Morgan fingerprint density at radius 3 is 2.33 bits per heavy atom. The molecule has 0 fully saturated rings. The van der Waals surface area contributed by atoms with E-state index in [-0.39, 0.29) is 17.7 Å². The van der Waals surface area contributed by atoms with Crippen molar-refractivity contribution in [3.63, 3.8) is 0 Å². The molecule has 21 heavy (non-hydrogen) atoms. The maximum atomic E-state index is 12.0. The van der Waals surface area contributed by atoms with E-state index in [1.807, 2.05) is 0 Å². The SMILES string of the molecule is COC(=O)c1ccccc1C(=O)OCc1ccc(Cl)nc1. The van der Waals surface area contributed by atoms with Crippen molar-refractivity contribution in [1.29, 1.82) is 0 Å². The number of aromatic nitrogens is 1. The number of nitrogens with zero attached hydrogens (tertiary/aromatic N) is 1. The number of ether oxygens (including phenoxy) is 2. The predicted molar refractivity (Wildman–Crippen MR) is 76.1 cm³/mol. The summed E-state index contributed by atoms with van der Waals surface area (Å²) in [5.74, 6) is -1.19. The van der Waals surface area contributed by atoms with Crippen LogP contribution in [0.4, 0.5) is 0 Å². The molecule has 0 atom stereocenters. The summed E-state index contributed by atoms with van der Waals surface area (Å²) in [6.45, 7) is 0.0402. The number of benzene rings is 1. The molecule has 0 bridgehead atoms. The lowest BCUT2D eigenvalue weighted by atomic mass is 10.1. The smallest absolute Gasteiger partial charge is 0.339 e. The monoisotopic (exact) mass is 305 g/mol. The van der Waals surface area contributed by atoms with E-state index in [2.05, 4.69) is 9.72 Å². The second-order valence-corrected chi connectivity index (χ2v) is 4.49. The summed E-state index contributed by atoms with van der Waals surface area (Å²) in [5, 5.41) is 0.362. The van der Waals surface area contributed by atoms with Gasteiger partial charge in [0.15, 0.2) is 0 Å². The van der Waals surface area contributed by atoms with E-state index < -0.39 is 11.9 Å². The third kappa shape index (κ3) is 3.79. The predicted octanol–water partition coefficient (Wildman–Crippen LogP) is 2.88. The molecule has 0 unspecified atom stereocenters. The van der Waals surface area contributed by atoms with Crippen LogP contribution in [0.2, 0.25) is 5.15 Å². The summed E-state index contributed by atoms with van der Waals surface area (Å²) in [6, 6.07) is 9.61. The van der Waals surface area contributed by atoms with Crippen LogP contribution >= 0.6 is 11.6 Å². The van der Waals surface area contributed by atoms with Gasteiger partial charge in [-0.2, -0.15) is 0 Å². The van der Waals surface area contributed by atoms with Crippen molar-refractivity contribution in [3.8, 4) is 0 Å². The van der Waals surface area contributed by atoms with Crippen LogP contribution in [0.25, 0.3) is 0 Å². The number of carbonyl (C=O) groups is 2. The second kappa shape index (κ2) is 6.85. The minimum Gasteiger partial charge on any atom is -0.465 e. The normalized spacial score (nSPS) is 10.0.